The monoisotopic (exact) mass is 438 g/mol. The highest BCUT2D eigenvalue weighted by molar-refractivity contribution is 6.31. The molecular formula is C24H24ClFN4O. The van der Waals surface area contributed by atoms with Gasteiger partial charge in [-0.1, -0.05) is 37.6 Å². The SMILES string of the molecule is CC[C@@H](C)c1ccc(NC(=NCc2ccncc2)NC(=O)c2ccc(F)c(Cl)c2)cc1. The molecule has 0 aliphatic rings. The maximum absolute atomic E-state index is 13.4. The van der Waals surface area contributed by atoms with E-state index in [0.29, 0.717) is 12.5 Å². The number of hydrogen-bond donors (Lipinski definition) is 2. The fraction of sp³-hybridized carbons (Fsp3) is 0.208. The topological polar surface area (TPSA) is 66.4 Å². The van der Waals surface area contributed by atoms with E-state index in [9.17, 15) is 9.18 Å². The van der Waals surface area contributed by atoms with Crippen LogP contribution in [0.5, 0.6) is 0 Å². The number of carbonyl (C=O) groups is 1. The third-order valence-corrected chi connectivity index (χ3v) is 5.23. The Morgan fingerprint density at radius 3 is 2.48 bits per heavy atom. The van der Waals surface area contributed by atoms with Crippen LogP contribution in [-0.2, 0) is 6.54 Å². The Morgan fingerprint density at radius 2 is 1.84 bits per heavy atom. The number of anilines is 1. The molecule has 0 aliphatic heterocycles. The first-order valence-corrected chi connectivity index (χ1v) is 10.4. The minimum absolute atomic E-state index is 0.114. The Bertz CT molecular complexity index is 1050. The number of nitrogens with one attached hydrogen (secondary N) is 2. The zero-order chi connectivity index (χ0) is 22.2. The van der Waals surface area contributed by atoms with Crippen LogP contribution in [0.25, 0.3) is 0 Å². The number of amides is 1. The Labute approximate surface area is 186 Å². The molecule has 160 valence electrons. The van der Waals surface area contributed by atoms with E-state index in [4.69, 9.17) is 11.6 Å². The molecule has 2 N–H and O–H groups in total. The summed E-state index contributed by atoms with van der Waals surface area (Å²) in [6, 6.07) is 15.5. The van der Waals surface area contributed by atoms with Crippen LogP contribution in [0.15, 0.2) is 72.0 Å². The van der Waals surface area contributed by atoms with Gasteiger partial charge in [-0.3, -0.25) is 15.1 Å². The highest BCUT2D eigenvalue weighted by Crippen LogP contribution is 2.20. The summed E-state index contributed by atoms with van der Waals surface area (Å²) in [7, 11) is 0. The summed E-state index contributed by atoms with van der Waals surface area (Å²) in [5.74, 6) is -0.279. The van der Waals surface area contributed by atoms with Gasteiger partial charge in [0.25, 0.3) is 5.91 Å². The van der Waals surface area contributed by atoms with Crippen molar-refractivity contribution in [2.24, 2.45) is 4.99 Å². The van der Waals surface area contributed by atoms with Gasteiger partial charge in [0.05, 0.1) is 11.6 Å². The van der Waals surface area contributed by atoms with Gasteiger partial charge < -0.3 is 5.32 Å². The number of carbonyl (C=O) groups excluding carboxylic acids is 1. The average molecular weight is 439 g/mol. The maximum atomic E-state index is 13.4. The first kappa shape index (κ1) is 22.4. The smallest absolute Gasteiger partial charge is 0.258 e. The summed E-state index contributed by atoms with van der Waals surface area (Å²) in [4.78, 5) is 21.2. The maximum Gasteiger partial charge on any atom is 0.258 e. The number of guanidine groups is 1. The lowest BCUT2D eigenvalue weighted by Crippen LogP contribution is -2.36. The summed E-state index contributed by atoms with van der Waals surface area (Å²) in [6.45, 7) is 4.68. The molecule has 0 saturated heterocycles. The van der Waals surface area contributed by atoms with Gasteiger partial charge in [0.2, 0.25) is 5.96 Å². The zero-order valence-corrected chi connectivity index (χ0v) is 18.2. The molecule has 1 atom stereocenters. The number of hydrogen-bond acceptors (Lipinski definition) is 3. The Hall–Kier alpha value is -3.25. The van der Waals surface area contributed by atoms with Gasteiger partial charge in [0.1, 0.15) is 5.82 Å². The molecule has 0 bridgehead atoms. The molecule has 2 aromatic carbocycles. The van der Waals surface area contributed by atoms with E-state index >= 15 is 0 Å². The van der Waals surface area contributed by atoms with Crippen molar-refractivity contribution in [3.8, 4) is 0 Å². The van der Waals surface area contributed by atoms with Crippen LogP contribution in [0.1, 0.15) is 47.7 Å². The molecule has 0 fully saturated rings. The molecule has 7 heteroatoms. The summed E-state index contributed by atoms with van der Waals surface area (Å²) in [5.41, 5.74) is 3.21. The van der Waals surface area contributed by atoms with Crippen LogP contribution in [0.2, 0.25) is 5.02 Å². The van der Waals surface area contributed by atoms with E-state index in [1.165, 1.54) is 17.7 Å². The van der Waals surface area contributed by atoms with Crippen molar-refractivity contribution in [2.45, 2.75) is 32.7 Å². The second-order valence-corrected chi connectivity index (χ2v) is 7.57. The molecule has 1 aromatic heterocycles. The van der Waals surface area contributed by atoms with Crippen LogP contribution in [-0.4, -0.2) is 16.9 Å². The van der Waals surface area contributed by atoms with E-state index in [2.05, 4.69) is 46.6 Å². The predicted octanol–water partition coefficient (Wildman–Crippen LogP) is 5.79. The lowest BCUT2D eigenvalue weighted by atomic mass is 9.99. The first-order valence-electron chi connectivity index (χ1n) is 10.0. The van der Waals surface area contributed by atoms with Gasteiger partial charge in [0, 0.05) is 23.6 Å². The van der Waals surface area contributed by atoms with Gasteiger partial charge in [-0.05, 0) is 65.9 Å². The number of aliphatic imine (C=N–C) groups is 1. The van der Waals surface area contributed by atoms with Crippen molar-refractivity contribution in [2.75, 3.05) is 5.32 Å². The van der Waals surface area contributed by atoms with Crippen LogP contribution in [0.4, 0.5) is 10.1 Å². The highest BCUT2D eigenvalue weighted by Gasteiger charge is 2.12. The molecule has 3 aromatic rings. The second-order valence-electron chi connectivity index (χ2n) is 7.16. The number of rotatable bonds is 6. The standard InChI is InChI=1S/C24H24ClFN4O/c1-3-16(2)18-4-7-20(8-5-18)29-24(28-15-17-10-12-27-13-11-17)30-23(31)19-6-9-22(26)21(25)14-19/h4-14,16H,3,15H2,1-2H3,(H2,28,29,30,31)/t16-/m1/s1. The van der Waals surface area contributed by atoms with Crippen molar-refractivity contribution in [1.29, 1.82) is 0 Å². The van der Waals surface area contributed by atoms with Crippen LogP contribution < -0.4 is 10.6 Å². The lowest BCUT2D eigenvalue weighted by molar-refractivity contribution is 0.0977. The van der Waals surface area contributed by atoms with E-state index in [-0.39, 0.29) is 16.5 Å². The van der Waals surface area contributed by atoms with Crippen molar-refractivity contribution >= 4 is 29.2 Å². The molecule has 1 heterocycles. The second kappa shape index (κ2) is 10.7. The summed E-state index contributed by atoms with van der Waals surface area (Å²) in [6.07, 6.45) is 4.43. The van der Waals surface area contributed by atoms with Crippen molar-refractivity contribution in [1.82, 2.24) is 10.3 Å². The quantitative estimate of drug-likeness (QED) is 0.378. The molecule has 0 saturated carbocycles. The van der Waals surface area contributed by atoms with E-state index < -0.39 is 11.7 Å². The van der Waals surface area contributed by atoms with Gasteiger partial charge >= 0.3 is 0 Å². The first-order chi connectivity index (χ1) is 15.0. The number of aromatic nitrogens is 1. The number of pyridine rings is 1. The fourth-order valence-electron chi connectivity index (χ4n) is 2.85. The van der Waals surface area contributed by atoms with Crippen molar-refractivity contribution in [3.05, 3.63) is 94.5 Å². The van der Waals surface area contributed by atoms with Gasteiger partial charge in [-0.2, -0.15) is 0 Å². The molecule has 0 unspecified atom stereocenters. The van der Waals surface area contributed by atoms with Crippen molar-refractivity contribution in [3.63, 3.8) is 0 Å². The molecule has 3 rings (SSSR count). The highest BCUT2D eigenvalue weighted by atomic mass is 35.5. The van der Waals surface area contributed by atoms with Gasteiger partial charge in [-0.15, -0.1) is 0 Å². The molecule has 0 aliphatic carbocycles. The Balaban J connectivity index is 1.80. The van der Waals surface area contributed by atoms with Gasteiger partial charge in [-0.25, -0.2) is 9.38 Å². The lowest BCUT2D eigenvalue weighted by Gasteiger charge is -2.14. The number of nitrogens with zero attached hydrogens (tertiary/aromatic N) is 2. The van der Waals surface area contributed by atoms with E-state index in [0.717, 1.165) is 23.7 Å². The predicted molar refractivity (Wildman–Crippen MR) is 123 cm³/mol. The Morgan fingerprint density at radius 1 is 1.13 bits per heavy atom. The minimum Gasteiger partial charge on any atom is -0.326 e. The number of benzene rings is 2. The summed E-state index contributed by atoms with van der Waals surface area (Å²) < 4.78 is 13.4. The fourth-order valence-corrected chi connectivity index (χ4v) is 3.03. The Kier molecular flexibility index (Phi) is 7.73. The third kappa shape index (κ3) is 6.36. The molecule has 0 spiro atoms. The molecule has 5 nitrogen and oxygen atoms in total. The zero-order valence-electron chi connectivity index (χ0n) is 17.4. The molecule has 1 amide bonds. The number of halogens is 2. The minimum atomic E-state index is -0.579. The van der Waals surface area contributed by atoms with Crippen LogP contribution in [0.3, 0.4) is 0 Å². The third-order valence-electron chi connectivity index (χ3n) is 4.94. The van der Waals surface area contributed by atoms with Gasteiger partial charge in [0.15, 0.2) is 0 Å². The molecular weight excluding hydrogens is 415 g/mol. The summed E-state index contributed by atoms with van der Waals surface area (Å²) in [5, 5.41) is 5.79. The average Bonchev–Trinajstić information content (AvgIpc) is 2.79. The largest absolute Gasteiger partial charge is 0.326 e. The molecule has 31 heavy (non-hydrogen) atoms. The molecule has 0 radical (unpaired) electrons. The van der Waals surface area contributed by atoms with Crippen LogP contribution in [0, 0.1) is 5.82 Å². The van der Waals surface area contributed by atoms with Crippen LogP contribution >= 0.6 is 11.6 Å². The van der Waals surface area contributed by atoms with Crippen molar-refractivity contribution < 1.29 is 9.18 Å². The van der Waals surface area contributed by atoms with E-state index in [1.807, 2.05) is 24.3 Å². The van der Waals surface area contributed by atoms with E-state index in [1.54, 1.807) is 12.4 Å². The summed E-state index contributed by atoms with van der Waals surface area (Å²) >= 11 is 5.81. The normalized spacial score (nSPS) is 12.3.